The van der Waals surface area contributed by atoms with Crippen LogP contribution in [0.1, 0.15) is 17.3 Å². The number of anilines is 2. The van der Waals surface area contributed by atoms with Gasteiger partial charge in [0.15, 0.2) is 0 Å². The Hall–Kier alpha value is -2.57. The maximum atomic E-state index is 11.6. The van der Waals surface area contributed by atoms with Gasteiger partial charge in [0.2, 0.25) is 5.91 Å². The quantitative estimate of drug-likeness (QED) is 0.810. The van der Waals surface area contributed by atoms with Crippen LogP contribution < -0.4 is 10.6 Å². The Morgan fingerprint density at radius 3 is 2.26 bits per heavy atom. The van der Waals surface area contributed by atoms with E-state index in [-0.39, 0.29) is 17.2 Å². The van der Waals surface area contributed by atoms with Gasteiger partial charge in [0.05, 0.1) is 25.5 Å². The van der Waals surface area contributed by atoms with Crippen molar-refractivity contribution in [1.29, 1.82) is 0 Å². The third-order valence-electron chi connectivity index (χ3n) is 2.17. The summed E-state index contributed by atoms with van der Waals surface area (Å²) in [6.07, 6.45) is -0.711. The van der Waals surface area contributed by atoms with E-state index in [2.05, 4.69) is 20.1 Å². The fourth-order valence-electron chi connectivity index (χ4n) is 1.37. The summed E-state index contributed by atoms with van der Waals surface area (Å²) in [5.74, 6) is -0.914. The molecule has 0 aliphatic rings. The molecule has 0 saturated heterocycles. The number of nitrogens with one attached hydrogen (secondary N) is 2. The fraction of sp³-hybridized carbons (Fsp3) is 0.250. The van der Waals surface area contributed by atoms with Crippen LogP contribution >= 0.6 is 0 Å². The zero-order chi connectivity index (χ0) is 14.4. The number of hydrogen-bond acceptors (Lipinski definition) is 5. The highest BCUT2D eigenvalue weighted by Crippen LogP contribution is 2.21. The van der Waals surface area contributed by atoms with Gasteiger partial charge in [0.25, 0.3) is 0 Å². The molecule has 2 amide bonds. The van der Waals surface area contributed by atoms with Gasteiger partial charge < -0.3 is 14.8 Å². The zero-order valence-electron chi connectivity index (χ0n) is 10.8. The monoisotopic (exact) mass is 266 g/mol. The zero-order valence-corrected chi connectivity index (χ0v) is 10.8. The average molecular weight is 266 g/mol. The highest BCUT2D eigenvalue weighted by molar-refractivity contribution is 6.01. The van der Waals surface area contributed by atoms with Crippen molar-refractivity contribution >= 4 is 29.3 Å². The second-order valence-electron chi connectivity index (χ2n) is 3.55. The number of esters is 1. The van der Waals surface area contributed by atoms with Crippen molar-refractivity contribution in [2.75, 3.05) is 24.9 Å². The number of methoxy groups -OCH3 is 2. The van der Waals surface area contributed by atoms with Gasteiger partial charge >= 0.3 is 12.1 Å². The minimum absolute atomic E-state index is 0.110. The van der Waals surface area contributed by atoms with Crippen molar-refractivity contribution < 1.29 is 23.9 Å². The fourth-order valence-corrected chi connectivity index (χ4v) is 1.37. The summed E-state index contributed by atoms with van der Waals surface area (Å²) in [5.41, 5.74) is 0.760. The number of benzene rings is 1. The molecule has 2 N–H and O–H groups in total. The van der Waals surface area contributed by atoms with Gasteiger partial charge in [0.1, 0.15) is 0 Å². The molecule has 0 aliphatic carbocycles. The molecule has 0 heterocycles. The SMILES string of the molecule is COC(=O)Nc1ccc(NC(C)=O)cc1C(=O)OC. The molecule has 1 aromatic rings. The van der Waals surface area contributed by atoms with Crippen LogP contribution in [0.5, 0.6) is 0 Å². The molecule has 0 fully saturated rings. The predicted octanol–water partition coefficient (Wildman–Crippen LogP) is 1.61. The van der Waals surface area contributed by atoms with Crippen molar-refractivity contribution in [3.05, 3.63) is 23.8 Å². The van der Waals surface area contributed by atoms with Crippen molar-refractivity contribution in [3.8, 4) is 0 Å². The second kappa shape index (κ2) is 6.39. The summed E-state index contributed by atoms with van der Waals surface area (Å²) in [6, 6.07) is 4.41. The van der Waals surface area contributed by atoms with E-state index in [4.69, 9.17) is 0 Å². The van der Waals surface area contributed by atoms with Crippen LogP contribution in [0.3, 0.4) is 0 Å². The predicted molar refractivity (Wildman–Crippen MR) is 68.1 cm³/mol. The first kappa shape index (κ1) is 14.5. The lowest BCUT2D eigenvalue weighted by molar-refractivity contribution is -0.114. The molecule has 0 bridgehead atoms. The molecule has 0 radical (unpaired) electrons. The third kappa shape index (κ3) is 3.98. The van der Waals surface area contributed by atoms with Gasteiger partial charge in [-0.3, -0.25) is 10.1 Å². The van der Waals surface area contributed by atoms with Gasteiger partial charge in [-0.1, -0.05) is 0 Å². The molecular formula is C12H14N2O5. The second-order valence-corrected chi connectivity index (χ2v) is 3.55. The number of hydrogen-bond donors (Lipinski definition) is 2. The van der Waals surface area contributed by atoms with Crippen LogP contribution in [0, 0.1) is 0 Å². The molecule has 0 atom stereocenters. The lowest BCUT2D eigenvalue weighted by Crippen LogP contribution is -2.15. The Morgan fingerprint density at radius 1 is 1.05 bits per heavy atom. The Labute approximate surface area is 109 Å². The van der Waals surface area contributed by atoms with Crippen molar-refractivity contribution in [1.82, 2.24) is 0 Å². The molecule has 7 heteroatoms. The van der Waals surface area contributed by atoms with Gasteiger partial charge in [-0.05, 0) is 18.2 Å². The van der Waals surface area contributed by atoms with E-state index >= 15 is 0 Å². The Balaban J connectivity index is 3.12. The standard InChI is InChI=1S/C12H14N2O5/c1-7(15)13-8-4-5-10(14-12(17)19-3)9(6-8)11(16)18-2/h4-6H,1-3H3,(H,13,15)(H,14,17). The van der Waals surface area contributed by atoms with Gasteiger partial charge in [-0.15, -0.1) is 0 Å². The van der Waals surface area contributed by atoms with Gasteiger partial charge in [-0.2, -0.15) is 0 Å². The van der Waals surface area contributed by atoms with Gasteiger partial charge in [0, 0.05) is 12.6 Å². The maximum absolute atomic E-state index is 11.6. The van der Waals surface area contributed by atoms with E-state index in [1.54, 1.807) is 6.07 Å². The average Bonchev–Trinajstić information content (AvgIpc) is 2.38. The normalized spacial score (nSPS) is 9.42. The number of carbonyl (C=O) groups excluding carboxylic acids is 3. The van der Waals surface area contributed by atoms with Crippen LogP contribution in [0.2, 0.25) is 0 Å². The summed E-state index contributed by atoms with van der Waals surface area (Å²) in [7, 11) is 2.42. The van der Waals surface area contributed by atoms with Gasteiger partial charge in [-0.25, -0.2) is 9.59 Å². The summed E-state index contributed by atoms with van der Waals surface area (Å²) in [5, 5.41) is 4.91. The Morgan fingerprint density at radius 2 is 1.74 bits per heavy atom. The number of carbonyl (C=O) groups is 3. The summed E-state index contributed by atoms with van der Waals surface area (Å²) < 4.78 is 9.05. The third-order valence-corrected chi connectivity index (χ3v) is 2.17. The number of ether oxygens (including phenoxy) is 2. The molecule has 102 valence electrons. The molecule has 0 saturated carbocycles. The molecule has 7 nitrogen and oxygen atoms in total. The van der Waals surface area contributed by atoms with Crippen molar-refractivity contribution in [2.24, 2.45) is 0 Å². The van der Waals surface area contributed by atoms with Crippen LogP contribution in [-0.2, 0) is 14.3 Å². The minimum atomic E-state index is -0.711. The molecular weight excluding hydrogens is 252 g/mol. The van der Waals surface area contributed by atoms with Crippen LogP contribution in [-0.4, -0.2) is 32.2 Å². The summed E-state index contributed by atoms with van der Waals surface area (Å²) in [4.78, 5) is 33.7. The molecule has 1 rings (SSSR count). The van der Waals surface area contributed by atoms with E-state index < -0.39 is 12.1 Å². The largest absolute Gasteiger partial charge is 0.465 e. The Kier molecular flexibility index (Phi) is 4.87. The molecule has 0 aliphatic heterocycles. The highest BCUT2D eigenvalue weighted by Gasteiger charge is 2.15. The molecule has 19 heavy (non-hydrogen) atoms. The molecule has 0 unspecified atom stereocenters. The minimum Gasteiger partial charge on any atom is -0.465 e. The maximum Gasteiger partial charge on any atom is 0.411 e. The smallest absolute Gasteiger partial charge is 0.411 e. The molecule has 0 aromatic heterocycles. The first-order valence-electron chi connectivity index (χ1n) is 5.33. The van der Waals surface area contributed by atoms with Crippen LogP contribution in [0.25, 0.3) is 0 Å². The van der Waals surface area contributed by atoms with E-state index in [0.29, 0.717) is 5.69 Å². The van der Waals surface area contributed by atoms with E-state index in [9.17, 15) is 14.4 Å². The lowest BCUT2D eigenvalue weighted by Gasteiger charge is -2.11. The van der Waals surface area contributed by atoms with Crippen LogP contribution in [0.4, 0.5) is 16.2 Å². The lowest BCUT2D eigenvalue weighted by atomic mass is 10.1. The van der Waals surface area contributed by atoms with Crippen LogP contribution in [0.15, 0.2) is 18.2 Å². The first-order chi connectivity index (χ1) is 8.97. The number of rotatable bonds is 3. The number of amides is 2. The van der Waals surface area contributed by atoms with Crippen molar-refractivity contribution in [2.45, 2.75) is 6.92 Å². The Bertz CT molecular complexity index is 513. The van der Waals surface area contributed by atoms with Crippen molar-refractivity contribution in [3.63, 3.8) is 0 Å². The van der Waals surface area contributed by atoms with E-state index in [1.165, 1.54) is 33.3 Å². The van der Waals surface area contributed by atoms with E-state index in [1.807, 2.05) is 0 Å². The molecule has 0 spiro atoms. The van der Waals surface area contributed by atoms with E-state index in [0.717, 1.165) is 0 Å². The molecule has 1 aromatic carbocycles. The topological polar surface area (TPSA) is 93.7 Å². The first-order valence-corrected chi connectivity index (χ1v) is 5.33. The summed E-state index contributed by atoms with van der Waals surface area (Å²) in [6.45, 7) is 1.35. The summed E-state index contributed by atoms with van der Waals surface area (Å²) >= 11 is 0. The highest BCUT2D eigenvalue weighted by atomic mass is 16.5.